The number of anilines is 3. The van der Waals surface area contributed by atoms with Gasteiger partial charge in [0.2, 0.25) is 0 Å². The maximum atomic E-state index is 13.1. The van der Waals surface area contributed by atoms with E-state index in [1.165, 1.54) is 12.3 Å². The molecular weight excluding hydrogens is 458 g/mol. The number of halogens is 2. The Hall–Kier alpha value is -3.70. The van der Waals surface area contributed by atoms with E-state index in [1.807, 2.05) is 30.0 Å². The summed E-state index contributed by atoms with van der Waals surface area (Å²) in [6, 6.07) is 7.95. The summed E-state index contributed by atoms with van der Waals surface area (Å²) in [6.45, 7) is 4.47. The first-order valence-electron chi connectivity index (χ1n) is 11.2. The highest BCUT2D eigenvalue weighted by atomic mass is 19.3. The lowest BCUT2D eigenvalue weighted by Gasteiger charge is -2.30. The van der Waals surface area contributed by atoms with E-state index in [1.54, 1.807) is 6.20 Å². The van der Waals surface area contributed by atoms with Crippen LogP contribution in [0.3, 0.4) is 0 Å². The second-order valence-corrected chi connectivity index (χ2v) is 7.90. The van der Waals surface area contributed by atoms with Gasteiger partial charge in [0.25, 0.3) is 12.3 Å². The second kappa shape index (κ2) is 11.2. The third kappa shape index (κ3) is 5.87. The van der Waals surface area contributed by atoms with Crippen molar-refractivity contribution >= 4 is 23.2 Å². The van der Waals surface area contributed by atoms with Crippen LogP contribution in [0.4, 0.5) is 26.1 Å². The highest BCUT2D eigenvalue weighted by molar-refractivity contribution is 6.06. The summed E-state index contributed by atoms with van der Waals surface area (Å²) in [7, 11) is 0. The monoisotopic (exact) mass is 484 g/mol. The average molecular weight is 485 g/mol. The van der Waals surface area contributed by atoms with E-state index in [9.17, 15) is 13.6 Å². The van der Waals surface area contributed by atoms with E-state index in [0.717, 1.165) is 22.9 Å². The Morgan fingerprint density at radius 1 is 1.17 bits per heavy atom. The summed E-state index contributed by atoms with van der Waals surface area (Å²) in [6.07, 6.45) is 0.0567. The molecule has 9 nitrogen and oxygen atoms in total. The summed E-state index contributed by atoms with van der Waals surface area (Å²) in [5.41, 5.74) is 2.40. The second-order valence-electron chi connectivity index (χ2n) is 7.90. The topological polar surface area (TPSA) is 112 Å². The molecule has 0 radical (unpaired) electrons. The van der Waals surface area contributed by atoms with Gasteiger partial charge in [-0.25, -0.2) is 18.7 Å². The predicted molar refractivity (Wildman–Crippen MR) is 128 cm³/mol. The molecule has 1 aliphatic rings. The molecular formula is C24H26F2N6O3. The first kappa shape index (κ1) is 24.4. The van der Waals surface area contributed by atoms with Crippen molar-refractivity contribution < 1.29 is 23.4 Å². The van der Waals surface area contributed by atoms with Crippen LogP contribution in [0, 0.1) is 6.92 Å². The number of hydrogen-bond acceptors (Lipinski definition) is 8. The van der Waals surface area contributed by atoms with Crippen molar-refractivity contribution in [1.82, 2.24) is 15.0 Å². The van der Waals surface area contributed by atoms with Gasteiger partial charge in [-0.1, -0.05) is 0 Å². The summed E-state index contributed by atoms with van der Waals surface area (Å²) in [5.74, 6) is 0.634. The number of morpholine rings is 1. The zero-order chi connectivity index (χ0) is 24.8. The number of aromatic nitrogens is 3. The zero-order valence-corrected chi connectivity index (χ0v) is 19.2. The van der Waals surface area contributed by atoms with Crippen LogP contribution in [-0.2, 0) is 4.74 Å². The Kier molecular flexibility index (Phi) is 7.78. The van der Waals surface area contributed by atoms with Crippen LogP contribution in [0.2, 0.25) is 0 Å². The van der Waals surface area contributed by atoms with Crippen LogP contribution in [0.15, 0.2) is 42.7 Å². The molecule has 0 atom stereocenters. The predicted octanol–water partition coefficient (Wildman–Crippen LogP) is 3.28. The zero-order valence-electron chi connectivity index (χ0n) is 19.2. The number of rotatable bonds is 8. The molecule has 184 valence electrons. The number of alkyl halides is 2. The van der Waals surface area contributed by atoms with Gasteiger partial charge in [-0.3, -0.25) is 9.78 Å². The molecule has 1 fully saturated rings. The van der Waals surface area contributed by atoms with Gasteiger partial charge >= 0.3 is 0 Å². The van der Waals surface area contributed by atoms with Gasteiger partial charge in [-0.2, -0.15) is 0 Å². The lowest BCUT2D eigenvalue weighted by Crippen LogP contribution is -2.37. The van der Waals surface area contributed by atoms with Crippen molar-refractivity contribution in [1.29, 1.82) is 0 Å². The van der Waals surface area contributed by atoms with Crippen molar-refractivity contribution in [3.63, 3.8) is 0 Å². The lowest BCUT2D eigenvalue weighted by atomic mass is 10.0. The van der Waals surface area contributed by atoms with Crippen LogP contribution in [0.5, 0.6) is 0 Å². The number of aliphatic hydroxyl groups excluding tert-OH is 1. The Morgan fingerprint density at radius 2 is 1.94 bits per heavy atom. The van der Waals surface area contributed by atoms with Crippen LogP contribution in [0.25, 0.3) is 11.1 Å². The van der Waals surface area contributed by atoms with Crippen molar-refractivity contribution in [2.24, 2.45) is 0 Å². The van der Waals surface area contributed by atoms with Crippen LogP contribution < -0.4 is 15.5 Å². The maximum Gasteiger partial charge on any atom is 0.280 e. The van der Waals surface area contributed by atoms with E-state index in [-0.39, 0.29) is 12.2 Å². The molecule has 11 heteroatoms. The Morgan fingerprint density at radius 3 is 2.69 bits per heavy atom. The minimum atomic E-state index is -2.78. The fourth-order valence-electron chi connectivity index (χ4n) is 3.78. The van der Waals surface area contributed by atoms with Crippen LogP contribution in [-0.4, -0.2) is 65.4 Å². The molecule has 0 aliphatic carbocycles. The quantitative estimate of drug-likeness (QED) is 0.447. The van der Waals surface area contributed by atoms with E-state index in [4.69, 9.17) is 14.8 Å². The SMILES string of the molecule is Cc1nc(N2CCOCC2)c(NC(=O)c2ccnc(C(F)F)c2)cc1-c1ccnc(NCCO)c1. The minimum absolute atomic E-state index is 0.0286. The summed E-state index contributed by atoms with van der Waals surface area (Å²) < 4.78 is 31.6. The summed E-state index contributed by atoms with van der Waals surface area (Å²) in [4.78, 5) is 27.7. The number of nitrogens with one attached hydrogen (secondary N) is 2. The Labute approximate surface area is 201 Å². The van der Waals surface area contributed by atoms with E-state index in [0.29, 0.717) is 50.2 Å². The standard InChI is InChI=1S/C24H26F2N6O3/c1-15-18(16-2-5-28-21(13-16)29-6-9-33)14-20(23(30-15)32-7-10-35-11-8-32)31-24(34)17-3-4-27-19(12-17)22(25)26/h2-5,12-14,22,33H,6-11H2,1H3,(H,28,29)(H,31,34). The summed E-state index contributed by atoms with van der Waals surface area (Å²) >= 11 is 0. The van der Waals surface area contributed by atoms with Crippen LogP contribution >= 0.6 is 0 Å². The molecule has 1 saturated heterocycles. The number of aliphatic hydroxyl groups is 1. The number of carbonyl (C=O) groups excluding carboxylic acids is 1. The first-order valence-corrected chi connectivity index (χ1v) is 11.2. The van der Waals surface area contributed by atoms with Crippen molar-refractivity contribution in [2.75, 3.05) is 55.0 Å². The molecule has 1 amide bonds. The molecule has 0 spiro atoms. The number of amides is 1. The minimum Gasteiger partial charge on any atom is -0.395 e. The summed E-state index contributed by atoms with van der Waals surface area (Å²) in [5, 5.41) is 15.0. The Balaban J connectivity index is 1.72. The van der Waals surface area contributed by atoms with Crippen molar-refractivity contribution in [3.8, 4) is 11.1 Å². The Bertz CT molecular complexity index is 1190. The fourth-order valence-corrected chi connectivity index (χ4v) is 3.78. The average Bonchev–Trinajstić information content (AvgIpc) is 2.89. The number of aryl methyl sites for hydroxylation is 1. The lowest BCUT2D eigenvalue weighted by molar-refractivity contribution is 0.102. The molecule has 35 heavy (non-hydrogen) atoms. The molecule has 3 N–H and O–H groups in total. The number of hydrogen-bond donors (Lipinski definition) is 3. The third-order valence-corrected chi connectivity index (χ3v) is 5.51. The van der Waals surface area contributed by atoms with Crippen molar-refractivity contribution in [3.05, 3.63) is 59.7 Å². The number of pyridine rings is 3. The molecule has 0 saturated carbocycles. The van der Waals surface area contributed by atoms with Gasteiger partial charge in [0.1, 0.15) is 11.5 Å². The molecule has 0 bridgehead atoms. The number of ether oxygens (including phenoxy) is 1. The van der Waals surface area contributed by atoms with E-state index >= 15 is 0 Å². The highest BCUT2D eigenvalue weighted by Crippen LogP contribution is 2.33. The smallest absolute Gasteiger partial charge is 0.280 e. The molecule has 3 aromatic rings. The molecule has 0 aromatic carbocycles. The van der Waals surface area contributed by atoms with Gasteiger partial charge in [0, 0.05) is 48.8 Å². The van der Waals surface area contributed by atoms with Gasteiger partial charge in [0.05, 0.1) is 25.5 Å². The maximum absolute atomic E-state index is 13.1. The normalized spacial score (nSPS) is 13.7. The molecule has 0 unspecified atom stereocenters. The number of nitrogens with zero attached hydrogens (tertiary/aromatic N) is 4. The van der Waals surface area contributed by atoms with Gasteiger partial charge in [-0.05, 0) is 42.8 Å². The van der Waals surface area contributed by atoms with Gasteiger partial charge in [0.15, 0.2) is 5.82 Å². The van der Waals surface area contributed by atoms with E-state index in [2.05, 4.69) is 20.6 Å². The fraction of sp³-hybridized carbons (Fsp3) is 0.333. The molecule has 3 aromatic heterocycles. The molecule has 4 rings (SSSR count). The number of carbonyl (C=O) groups is 1. The van der Waals surface area contributed by atoms with Gasteiger partial charge in [-0.15, -0.1) is 0 Å². The molecule has 4 heterocycles. The van der Waals surface area contributed by atoms with E-state index < -0.39 is 18.0 Å². The first-order chi connectivity index (χ1) is 17.0. The third-order valence-electron chi connectivity index (χ3n) is 5.51. The largest absolute Gasteiger partial charge is 0.395 e. The molecule has 1 aliphatic heterocycles. The van der Waals surface area contributed by atoms with Crippen molar-refractivity contribution in [2.45, 2.75) is 13.3 Å². The highest BCUT2D eigenvalue weighted by Gasteiger charge is 2.21. The van der Waals surface area contributed by atoms with Crippen LogP contribution in [0.1, 0.15) is 28.2 Å². The van der Waals surface area contributed by atoms with Gasteiger partial charge < -0.3 is 25.4 Å².